The highest BCUT2D eigenvalue weighted by molar-refractivity contribution is 5.90. The summed E-state index contributed by atoms with van der Waals surface area (Å²) in [6.45, 7) is 0. The van der Waals surface area contributed by atoms with Crippen LogP contribution in [0.1, 0.15) is 16.3 Å². The predicted molar refractivity (Wildman–Crippen MR) is 45.2 cm³/mol. The second kappa shape index (κ2) is 4.36. The molecule has 0 unspecified atom stereocenters. The number of esters is 1. The zero-order valence-electron chi connectivity index (χ0n) is 7.32. The monoisotopic (exact) mass is 198 g/mol. The van der Waals surface area contributed by atoms with E-state index >= 15 is 0 Å². The molecule has 14 heavy (non-hydrogen) atoms. The van der Waals surface area contributed by atoms with Gasteiger partial charge in [0.25, 0.3) is 0 Å². The Morgan fingerprint density at radius 2 is 2.14 bits per heavy atom. The number of rotatable bonds is 3. The summed E-state index contributed by atoms with van der Waals surface area (Å²) in [5, 5.41) is 0. The smallest absolute Gasteiger partial charge is 0.367 e. The Morgan fingerprint density at radius 1 is 1.50 bits per heavy atom. The largest absolute Gasteiger partial charge is 0.464 e. The number of hydrogen-bond acceptors (Lipinski definition) is 4. The molecule has 0 amide bonds. The molecule has 0 aliphatic carbocycles. The molecule has 0 N–H and O–H groups in total. The van der Waals surface area contributed by atoms with Crippen molar-refractivity contribution in [2.75, 3.05) is 7.11 Å². The van der Waals surface area contributed by atoms with Gasteiger partial charge >= 0.3 is 5.97 Å². The van der Waals surface area contributed by atoms with Crippen molar-refractivity contribution in [3.63, 3.8) is 0 Å². The number of carbonyl (C=O) groups excluding carboxylic acids is 2. The van der Waals surface area contributed by atoms with E-state index in [2.05, 4.69) is 4.74 Å². The lowest BCUT2D eigenvalue weighted by Crippen LogP contribution is -1.99. The number of halogens is 1. The summed E-state index contributed by atoms with van der Waals surface area (Å²) >= 11 is 0. The molecule has 0 bridgehead atoms. The van der Waals surface area contributed by atoms with Crippen molar-refractivity contribution in [2.24, 2.45) is 0 Å². The van der Waals surface area contributed by atoms with Gasteiger partial charge in [0.05, 0.1) is 7.11 Å². The van der Waals surface area contributed by atoms with Crippen LogP contribution in [0.2, 0.25) is 0 Å². The first-order chi connectivity index (χ1) is 6.67. The Hall–Kier alpha value is -1.91. The Kier molecular flexibility index (Phi) is 3.17. The van der Waals surface area contributed by atoms with Gasteiger partial charge in [0.1, 0.15) is 5.76 Å². The van der Waals surface area contributed by atoms with E-state index < -0.39 is 11.8 Å². The Morgan fingerprint density at radius 3 is 2.64 bits per heavy atom. The average Bonchev–Trinajstić information content (AvgIpc) is 2.64. The first-order valence-electron chi connectivity index (χ1n) is 3.68. The molecule has 0 radical (unpaired) electrons. The summed E-state index contributed by atoms with van der Waals surface area (Å²) in [6.07, 6.45) is 1.33. The minimum atomic E-state index is -1.09. The molecular weight excluding hydrogens is 191 g/mol. The van der Waals surface area contributed by atoms with E-state index in [4.69, 9.17) is 4.42 Å². The maximum atomic E-state index is 12.8. The number of methoxy groups -OCH3 is 1. The van der Waals surface area contributed by atoms with Gasteiger partial charge in [0, 0.05) is 6.08 Å². The van der Waals surface area contributed by atoms with Gasteiger partial charge in [0.2, 0.25) is 5.83 Å². The molecule has 0 spiro atoms. The molecule has 0 saturated carbocycles. The normalized spacial score (nSPS) is 11.1. The molecule has 0 aliphatic rings. The first-order valence-corrected chi connectivity index (χ1v) is 3.68. The van der Waals surface area contributed by atoms with Crippen LogP contribution in [0.5, 0.6) is 0 Å². The van der Waals surface area contributed by atoms with Crippen LogP contribution >= 0.6 is 0 Å². The standard InChI is InChI=1S/C9H7FO4/c1-13-9(12)8(10)4-6-2-3-7(5-11)14-6/h2-5H,1H3/b8-4-. The lowest BCUT2D eigenvalue weighted by Gasteiger charge is -1.92. The highest BCUT2D eigenvalue weighted by Gasteiger charge is 2.09. The van der Waals surface area contributed by atoms with E-state index in [0.717, 1.165) is 13.2 Å². The lowest BCUT2D eigenvalue weighted by atomic mass is 10.4. The van der Waals surface area contributed by atoms with Gasteiger partial charge in [-0.1, -0.05) is 0 Å². The number of carbonyl (C=O) groups is 2. The van der Waals surface area contributed by atoms with Crippen molar-refractivity contribution < 1.29 is 23.1 Å². The molecular formula is C9H7FO4. The van der Waals surface area contributed by atoms with Gasteiger partial charge in [0.15, 0.2) is 12.0 Å². The van der Waals surface area contributed by atoms with Crippen molar-refractivity contribution in [3.8, 4) is 0 Å². The van der Waals surface area contributed by atoms with Gasteiger partial charge in [-0.15, -0.1) is 0 Å². The number of furan rings is 1. The quantitative estimate of drug-likeness (QED) is 0.420. The van der Waals surface area contributed by atoms with Gasteiger partial charge in [-0.25, -0.2) is 4.79 Å². The fourth-order valence-corrected chi connectivity index (χ4v) is 0.791. The molecule has 0 atom stereocenters. The van der Waals surface area contributed by atoms with Crippen LogP contribution in [0.15, 0.2) is 22.4 Å². The maximum Gasteiger partial charge on any atom is 0.367 e. The molecule has 5 heteroatoms. The molecule has 0 aliphatic heterocycles. The van der Waals surface area contributed by atoms with Crippen LogP contribution in [0.4, 0.5) is 4.39 Å². The molecule has 1 aromatic rings. The first kappa shape index (κ1) is 10.2. The lowest BCUT2D eigenvalue weighted by molar-refractivity contribution is -0.137. The van der Waals surface area contributed by atoms with E-state index in [9.17, 15) is 14.0 Å². The van der Waals surface area contributed by atoms with E-state index in [1.807, 2.05) is 0 Å². The van der Waals surface area contributed by atoms with Crippen LogP contribution in [-0.4, -0.2) is 19.4 Å². The topological polar surface area (TPSA) is 56.5 Å². The zero-order valence-corrected chi connectivity index (χ0v) is 7.32. The van der Waals surface area contributed by atoms with Crippen LogP contribution < -0.4 is 0 Å². The van der Waals surface area contributed by atoms with Crippen LogP contribution in [0.3, 0.4) is 0 Å². The van der Waals surface area contributed by atoms with Gasteiger partial charge in [-0.3, -0.25) is 4.79 Å². The van der Waals surface area contributed by atoms with E-state index in [0.29, 0.717) is 6.29 Å². The Balaban J connectivity index is 2.85. The summed E-state index contributed by atoms with van der Waals surface area (Å²) in [7, 11) is 1.06. The number of ether oxygens (including phenoxy) is 1. The minimum Gasteiger partial charge on any atom is -0.464 e. The maximum absolute atomic E-state index is 12.8. The minimum absolute atomic E-state index is 0.0638. The zero-order chi connectivity index (χ0) is 10.6. The van der Waals surface area contributed by atoms with Crippen molar-refractivity contribution in [3.05, 3.63) is 29.5 Å². The second-order valence-corrected chi connectivity index (χ2v) is 2.34. The molecule has 1 heterocycles. The fraction of sp³-hybridized carbons (Fsp3) is 0.111. The third-order valence-corrected chi connectivity index (χ3v) is 1.41. The Bertz CT molecular complexity index is 378. The predicted octanol–water partition coefficient (Wildman–Crippen LogP) is 1.58. The highest BCUT2D eigenvalue weighted by atomic mass is 19.1. The average molecular weight is 198 g/mol. The van der Waals surface area contributed by atoms with Gasteiger partial charge in [-0.2, -0.15) is 4.39 Å². The van der Waals surface area contributed by atoms with Crippen molar-refractivity contribution in [1.82, 2.24) is 0 Å². The molecule has 0 fully saturated rings. The number of aldehydes is 1. The van der Waals surface area contributed by atoms with E-state index in [1.165, 1.54) is 12.1 Å². The molecule has 74 valence electrons. The summed E-state index contributed by atoms with van der Waals surface area (Å²) in [6, 6.07) is 2.73. The summed E-state index contributed by atoms with van der Waals surface area (Å²) in [4.78, 5) is 20.8. The molecule has 4 nitrogen and oxygen atoms in total. The van der Waals surface area contributed by atoms with E-state index in [1.54, 1.807) is 0 Å². The highest BCUT2D eigenvalue weighted by Crippen LogP contribution is 2.12. The van der Waals surface area contributed by atoms with Crippen molar-refractivity contribution in [2.45, 2.75) is 0 Å². The molecule has 1 rings (SSSR count). The van der Waals surface area contributed by atoms with Gasteiger partial charge in [-0.05, 0) is 12.1 Å². The van der Waals surface area contributed by atoms with E-state index in [-0.39, 0.29) is 11.5 Å². The SMILES string of the molecule is COC(=O)/C(F)=C/c1ccc(C=O)o1. The van der Waals surface area contributed by atoms with Crippen LogP contribution in [-0.2, 0) is 9.53 Å². The second-order valence-electron chi connectivity index (χ2n) is 2.34. The number of hydrogen-bond donors (Lipinski definition) is 0. The third kappa shape index (κ3) is 2.29. The van der Waals surface area contributed by atoms with Crippen LogP contribution in [0.25, 0.3) is 6.08 Å². The summed E-state index contributed by atoms with van der Waals surface area (Å²) < 4.78 is 21.8. The summed E-state index contributed by atoms with van der Waals surface area (Å²) in [5.74, 6) is -2.03. The summed E-state index contributed by atoms with van der Waals surface area (Å²) in [5.41, 5.74) is 0. The Labute approximate surface area is 79.0 Å². The van der Waals surface area contributed by atoms with Crippen molar-refractivity contribution >= 4 is 18.3 Å². The molecule has 1 aromatic heterocycles. The molecule has 0 saturated heterocycles. The fourth-order valence-electron chi connectivity index (χ4n) is 0.791. The molecule has 0 aromatic carbocycles. The third-order valence-electron chi connectivity index (χ3n) is 1.41. The van der Waals surface area contributed by atoms with Crippen LogP contribution in [0, 0.1) is 0 Å². The van der Waals surface area contributed by atoms with Crippen molar-refractivity contribution in [1.29, 1.82) is 0 Å². The van der Waals surface area contributed by atoms with Gasteiger partial charge < -0.3 is 9.15 Å².